The summed E-state index contributed by atoms with van der Waals surface area (Å²) in [6.07, 6.45) is 3.91. The third kappa shape index (κ3) is 3.19. The number of nitro benzene ring substituents is 1. The van der Waals surface area contributed by atoms with Gasteiger partial charge in [-0.25, -0.2) is 0 Å². The Morgan fingerprint density at radius 3 is 2.59 bits per heavy atom. The summed E-state index contributed by atoms with van der Waals surface area (Å²) in [5.74, 6) is 1.60. The average Bonchev–Trinajstić information content (AvgIpc) is 2.73. The fraction of sp³-hybridized carbons (Fsp3) is 0.538. The smallest absolute Gasteiger partial charge is 0.269 e. The van der Waals surface area contributed by atoms with E-state index in [-0.39, 0.29) is 10.6 Å². The number of anilines is 1. The molecule has 1 aromatic rings. The van der Waals surface area contributed by atoms with Crippen LogP contribution < -0.4 is 5.32 Å². The first kappa shape index (κ1) is 11.9. The van der Waals surface area contributed by atoms with Gasteiger partial charge in [-0.15, -0.1) is 0 Å². The quantitative estimate of drug-likeness (QED) is 0.641. The van der Waals surface area contributed by atoms with E-state index in [1.807, 2.05) is 0 Å². The van der Waals surface area contributed by atoms with Crippen LogP contribution in [0.4, 0.5) is 11.4 Å². The van der Waals surface area contributed by atoms with Gasteiger partial charge in [0, 0.05) is 24.4 Å². The van der Waals surface area contributed by atoms with Crippen molar-refractivity contribution in [3.8, 4) is 0 Å². The number of non-ortho nitro benzene ring substituents is 1. The maximum Gasteiger partial charge on any atom is 0.269 e. The summed E-state index contributed by atoms with van der Waals surface area (Å²) >= 11 is 0. The molecule has 4 heteroatoms. The van der Waals surface area contributed by atoms with Crippen LogP contribution >= 0.6 is 0 Å². The van der Waals surface area contributed by atoms with Gasteiger partial charge in [-0.2, -0.15) is 0 Å². The Labute approximate surface area is 101 Å². The zero-order valence-corrected chi connectivity index (χ0v) is 10.1. The van der Waals surface area contributed by atoms with Crippen LogP contribution in [0.3, 0.4) is 0 Å². The van der Waals surface area contributed by atoms with Crippen molar-refractivity contribution in [1.82, 2.24) is 0 Å². The molecule has 0 aliphatic heterocycles. The molecule has 0 spiro atoms. The van der Waals surface area contributed by atoms with Crippen molar-refractivity contribution in [2.75, 3.05) is 11.9 Å². The molecular weight excluding hydrogens is 216 g/mol. The highest BCUT2D eigenvalue weighted by atomic mass is 16.6. The van der Waals surface area contributed by atoms with Gasteiger partial charge in [0.2, 0.25) is 0 Å². The lowest BCUT2D eigenvalue weighted by Gasteiger charge is -2.11. The molecule has 4 nitrogen and oxygen atoms in total. The second-order valence-electron chi connectivity index (χ2n) is 4.97. The Morgan fingerprint density at radius 2 is 2.06 bits per heavy atom. The molecule has 0 saturated heterocycles. The third-order valence-corrected chi connectivity index (χ3v) is 3.48. The van der Waals surface area contributed by atoms with Gasteiger partial charge in [0.1, 0.15) is 0 Å². The first-order valence-electron chi connectivity index (χ1n) is 6.13. The van der Waals surface area contributed by atoms with Crippen molar-refractivity contribution in [1.29, 1.82) is 0 Å². The minimum atomic E-state index is -0.373. The highest BCUT2D eigenvalue weighted by Crippen LogP contribution is 2.30. The van der Waals surface area contributed by atoms with E-state index in [1.165, 1.54) is 19.3 Å². The van der Waals surface area contributed by atoms with Crippen LogP contribution in [0.2, 0.25) is 0 Å². The van der Waals surface area contributed by atoms with Crippen molar-refractivity contribution in [2.45, 2.75) is 26.2 Å². The molecule has 2 rings (SSSR count). The Balaban J connectivity index is 1.85. The fourth-order valence-corrected chi connectivity index (χ4v) is 2.47. The third-order valence-electron chi connectivity index (χ3n) is 3.48. The molecule has 2 unspecified atom stereocenters. The van der Waals surface area contributed by atoms with Gasteiger partial charge >= 0.3 is 0 Å². The molecular formula is C13H18N2O2. The van der Waals surface area contributed by atoms with E-state index in [0.717, 1.165) is 24.1 Å². The van der Waals surface area contributed by atoms with Gasteiger partial charge in [0.15, 0.2) is 0 Å². The van der Waals surface area contributed by atoms with Crippen LogP contribution in [-0.2, 0) is 0 Å². The molecule has 0 amide bonds. The zero-order valence-electron chi connectivity index (χ0n) is 10.1. The predicted octanol–water partition coefficient (Wildman–Crippen LogP) is 3.44. The predicted molar refractivity (Wildman–Crippen MR) is 68.1 cm³/mol. The van der Waals surface area contributed by atoms with Gasteiger partial charge in [-0.1, -0.05) is 13.3 Å². The second-order valence-corrected chi connectivity index (χ2v) is 4.97. The average molecular weight is 234 g/mol. The topological polar surface area (TPSA) is 55.2 Å². The van der Waals surface area contributed by atoms with Gasteiger partial charge in [0.05, 0.1) is 4.92 Å². The van der Waals surface area contributed by atoms with E-state index in [2.05, 4.69) is 12.2 Å². The summed E-state index contributed by atoms with van der Waals surface area (Å²) in [6.45, 7) is 3.27. The Kier molecular flexibility index (Phi) is 3.61. The molecule has 92 valence electrons. The van der Waals surface area contributed by atoms with Crippen LogP contribution in [0.1, 0.15) is 26.2 Å². The number of benzene rings is 1. The normalized spacial score (nSPS) is 23.6. The number of nitrogens with zero attached hydrogens (tertiary/aromatic N) is 1. The highest BCUT2D eigenvalue weighted by molar-refractivity contribution is 5.48. The maximum absolute atomic E-state index is 10.5. The molecule has 1 N–H and O–H groups in total. The molecule has 0 aromatic heterocycles. The fourth-order valence-electron chi connectivity index (χ4n) is 2.47. The van der Waals surface area contributed by atoms with E-state index in [4.69, 9.17) is 0 Å². The summed E-state index contributed by atoms with van der Waals surface area (Å²) in [4.78, 5) is 10.1. The van der Waals surface area contributed by atoms with Crippen molar-refractivity contribution < 1.29 is 4.92 Å². The van der Waals surface area contributed by atoms with Crippen molar-refractivity contribution in [3.63, 3.8) is 0 Å². The van der Waals surface area contributed by atoms with Gasteiger partial charge in [-0.3, -0.25) is 10.1 Å². The Hall–Kier alpha value is -1.58. The van der Waals surface area contributed by atoms with E-state index >= 15 is 0 Å². The van der Waals surface area contributed by atoms with Gasteiger partial charge in [0.25, 0.3) is 5.69 Å². The van der Waals surface area contributed by atoms with Crippen LogP contribution in [-0.4, -0.2) is 11.5 Å². The number of rotatable bonds is 4. The van der Waals surface area contributed by atoms with Crippen LogP contribution in [0.5, 0.6) is 0 Å². The van der Waals surface area contributed by atoms with Crippen molar-refractivity contribution >= 4 is 11.4 Å². The molecule has 1 saturated carbocycles. The van der Waals surface area contributed by atoms with E-state index in [1.54, 1.807) is 24.3 Å². The molecule has 1 aliphatic rings. The lowest BCUT2D eigenvalue weighted by molar-refractivity contribution is -0.384. The summed E-state index contributed by atoms with van der Waals surface area (Å²) < 4.78 is 0. The largest absolute Gasteiger partial charge is 0.385 e. The summed E-state index contributed by atoms with van der Waals surface area (Å²) in [6, 6.07) is 6.63. The summed E-state index contributed by atoms with van der Waals surface area (Å²) in [7, 11) is 0. The second kappa shape index (κ2) is 5.17. The SMILES string of the molecule is CC1CCC(CNc2ccc([N+](=O)[O-])cc2)C1. The molecule has 0 radical (unpaired) electrons. The number of hydrogen-bond donors (Lipinski definition) is 1. The Morgan fingerprint density at radius 1 is 1.35 bits per heavy atom. The number of nitrogens with one attached hydrogen (secondary N) is 1. The first-order valence-corrected chi connectivity index (χ1v) is 6.13. The standard InChI is InChI=1S/C13H18N2O2/c1-10-2-3-11(8-10)9-14-12-4-6-13(7-5-12)15(16)17/h4-7,10-11,14H,2-3,8-9H2,1H3. The van der Waals surface area contributed by atoms with Gasteiger partial charge in [-0.05, 0) is 36.8 Å². The minimum Gasteiger partial charge on any atom is -0.385 e. The van der Waals surface area contributed by atoms with Gasteiger partial charge < -0.3 is 5.32 Å². The van der Waals surface area contributed by atoms with Crippen LogP contribution in [0.25, 0.3) is 0 Å². The summed E-state index contributed by atoms with van der Waals surface area (Å²) in [5, 5.41) is 13.9. The first-order chi connectivity index (χ1) is 8.15. The maximum atomic E-state index is 10.5. The molecule has 0 bridgehead atoms. The van der Waals surface area contributed by atoms with Crippen LogP contribution in [0.15, 0.2) is 24.3 Å². The molecule has 0 heterocycles. The van der Waals surface area contributed by atoms with Crippen LogP contribution in [0, 0.1) is 22.0 Å². The van der Waals surface area contributed by atoms with E-state index in [0.29, 0.717) is 0 Å². The molecule has 17 heavy (non-hydrogen) atoms. The number of nitro groups is 1. The molecule has 2 atom stereocenters. The van der Waals surface area contributed by atoms with Crippen molar-refractivity contribution in [3.05, 3.63) is 34.4 Å². The molecule has 1 aromatic carbocycles. The van der Waals surface area contributed by atoms with E-state index in [9.17, 15) is 10.1 Å². The highest BCUT2D eigenvalue weighted by Gasteiger charge is 2.20. The lowest BCUT2D eigenvalue weighted by Crippen LogP contribution is -2.11. The number of hydrogen-bond acceptors (Lipinski definition) is 3. The Bertz CT molecular complexity index is 389. The molecule has 1 aliphatic carbocycles. The van der Waals surface area contributed by atoms with E-state index < -0.39 is 0 Å². The lowest BCUT2D eigenvalue weighted by atomic mass is 10.1. The summed E-state index contributed by atoms with van der Waals surface area (Å²) in [5.41, 5.74) is 1.11. The zero-order chi connectivity index (χ0) is 12.3. The van der Waals surface area contributed by atoms with Crippen molar-refractivity contribution in [2.24, 2.45) is 11.8 Å². The molecule has 1 fully saturated rings. The monoisotopic (exact) mass is 234 g/mol. The minimum absolute atomic E-state index is 0.144.